The van der Waals surface area contributed by atoms with Crippen LogP contribution >= 0.6 is 0 Å². The van der Waals surface area contributed by atoms with Crippen molar-refractivity contribution in [2.45, 2.75) is 57.8 Å². The molecule has 2 rings (SSSR count). The van der Waals surface area contributed by atoms with Crippen LogP contribution in [0.15, 0.2) is 30.5 Å². The maximum Gasteiger partial charge on any atom is 0.260 e. The Morgan fingerprint density at radius 3 is 2.55 bits per heavy atom. The summed E-state index contributed by atoms with van der Waals surface area (Å²) in [5.41, 5.74) is 0.984. The highest BCUT2D eigenvalue weighted by Gasteiger charge is 2.22. The van der Waals surface area contributed by atoms with Crippen LogP contribution in [0, 0.1) is 11.7 Å². The van der Waals surface area contributed by atoms with Gasteiger partial charge in [0.15, 0.2) is 11.6 Å². The third-order valence-electron chi connectivity index (χ3n) is 4.39. The summed E-state index contributed by atoms with van der Waals surface area (Å²) in [5, 5.41) is 0. The lowest BCUT2D eigenvalue weighted by atomic mass is 9.77. The first-order chi connectivity index (χ1) is 10.6. The van der Waals surface area contributed by atoms with Crippen LogP contribution in [-0.4, -0.2) is 6.43 Å². The van der Waals surface area contributed by atoms with Gasteiger partial charge in [0.2, 0.25) is 0 Å². The lowest BCUT2D eigenvalue weighted by molar-refractivity contribution is 0.201. The molecule has 0 saturated heterocycles. The standard InChI is InChI=1S/C18H23F3O/c1-2-3-13-4-6-14(7-5-13)15-8-9-17(16(19)12-15)22-11-10-18(20)21/h8-14,18H,2-7H2,1H3/b11-10+. The summed E-state index contributed by atoms with van der Waals surface area (Å²) in [6.07, 6.45) is 5.92. The van der Waals surface area contributed by atoms with Crippen molar-refractivity contribution in [2.75, 3.05) is 0 Å². The molecule has 1 nitrogen and oxygen atoms in total. The number of halogens is 3. The predicted molar refractivity (Wildman–Crippen MR) is 81.8 cm³/mol. The zero-order valence-electron chi connectivity index (χ0n) is 12.9. The summed E-state index contributed by atoms with van der Waals surface area (Å²) in [7, 11) is 0. The summed E-state index contributed by atoms with van der Waals surface area (Å²) < 4.78 is 42.8. The fraction of sp³-hybridized carbons (Fsp3) is 0.556. The summed E-state index contributed by atoms with van der Waals surface area (Å²) >= 11 is 0. The van der Waals surface area contributed by atoms with E-state index in [9.17, 15) is 13.2 Å². The van der Waals surface area contributed by atoms with Crippen molar-refractivity contribution in [3.8, 4) is 5.75 Å². The second kappa shape index (κ2) is 8.25. The van der Waals surface area contributed by atoms with Crippen LogP contribution in [0.2, 0.25) is 0 Å². The van der Waals surface area contributed by atoms with Gasteiger partial charge in [-0.25, -0.2) is 13.2 Å². The molecule has 1 saturated carbocycles. The fourth-order valence-corrected chi connectivity index (χ4v) is 3.23. The normalized spacial score (nSPS) is 22.4. The molecule has 0 radical (unpaired) electrons. The summed E-state index contributed by atoms with van der Waals surface area (Å²) in [4.78, 5) is 0. The van der Waals surface area contributed by atoms with E-state index in [-0.39, 0.29) is 5.75 Å². The van der Waals surface area contributed by atoms with Crippen molar-refractivity contribution in [1.82, 2.24) is 0 Å². The van der Waals surface area contributed by atoms with Gasteiger partial charge in [-0.3, -0.25) is 0 Å². The maximum atomic E-state index is 14.0. The van der Waals surface area contributed by atoms with Crippen LogP contribution in [0.25, 0.3) is 0 Å². The van der Waals surface area contributed by atoms with E-state index in [4.69, 9.17) is 4.74 Å². The van der Waals surface area contributed by atoms with E-state index in [1.807, 2.05) is 6.07 Å². The number of benzene rings is 1. The molecule has 0 heterocycles. The quantitative estimate of drug-likeness (QED) is 0.580. The van der Waals surface area contributed by atoms with Crippen LogP contribution in [0.3, 0.4) is 0 Å². The lowest BCUT2D eigenvalue weighted by Crippen LogP contribution is -2.13. The van der Waals surface area contributed by atoms with E-state index >= 15 is 0 Å². The number of rotatable bonds is 6. The molecule has 1 aliphatic rings. The minimum Gasteiger partial charge on any atom is -0.462 e. The van der Waals surface area contributed by atoms with Gasteiger partial charge in [-0.05, 0) is 55.2 Å². The van der Waals surface area contributed by atoms with E-state index in [2.05, 4.69) is 6.92 Å². The van der Waals surface area contributed by atoms with Gasteiger partial charge in [-0.1, -0.05) is 25.8 Å². The van der Waals surface area contributed by atoms with Gasteiger partial charge >= 0.3 is 0 Å². The van der Waals surface area contributed by atoms with E-state index in [0.29, 0.717) is 12.0 Å². The Balaban J connectivity index is 1.95. The van der Waals surface area contributed by atoms with E-state index in [1.165, 1.54) is 37.8 Å². The lowest BCUT2D eigenvalue weighted by Gasteiger charge is -2.28. The highest BCUT2D eigenvalue weighted by molar-refractivity contribution is 5.32. The van der Waals surface area contributed by atoms with Crippen molar-refractivity contribution in [3.05, 3.63) is 41.9 Å². The Kier molecular flexibility index (Phi) is 6.34. The number of alkyl halides is 2. The number of hydrogen-bond donors (Lipinski definition) is 0. The van der Waals surface area contributed by atoms with Crippen molar-refractivity contribution in [2.24, 2.45) is 5.92 Å². The number of ether oxygens (including phenoxy) is 1. The van der Waals surface area contributed by atoms with Gasteiger partial charge in [0.1, 0.15) is 0 Å². The van der Waals surface area contributed by atoms with Gasteiger partial charge in [0, 0.05) is 6.08 Å². The zero-order valence-corrected chi connectivity index (χ0v) is 12.9. The third-order valence-corrected chi connectivity index (χ3v) is 4.39. The van der Waals surface area contributed by atoms with E-state index in [0.717, 1.165) is 30.6 Å². The molecule has 0 aromatic heterocycles. The molecule has 0 aliphatic heterocycles. The van der Waals surface area contributed by atoms with Gasteiger partial charge in [0.05, 0.1) is 6.26 Å². The van der Waals surface area contributed by atoms with Crippen LogP contribution in [0.1, 0.15) is 56.9 Å². The zero-order chi connectivity index (χ0) is 15.9. The van der Waals surface area contributed by atoms with Crippen molar-refractivity contribution in [3.63, 3.8) is 0 Å². The monoisotopic (exact) mass is 312 g/mol. The first-order valence-electron chi connectivity index (χ1n) is 8.01. The Morgan fingerprint density at radius 1 is 1.23 bits per heavy atom. The molecule has 22 heavy (non-hydrogen) atoms. The molecule has 1 aliphatic carbocycles. The van der Waals surface area contributed by atoms with Crippen LogP contribution < -0.4 is 4.74 Å². The third kappa shape index (κ3) is 4.79. The molecule has 0 N–H and O–H groups in total. The SMILES string of the molecule is CCCC1CCC(c2ccc(O/C=C/C(F)F)c(F)c2)CC1. The molecular formula is C18H23F3O. The summed E-state index contributed by atoms with van der Waals surface area (Å²) in [6.45, 7) is 2.21. The topological polar surface area (TPSA) is 9.23 Å². The molecule has 0 bridgehead atoms. The largest absolute Gasteiger partial charge is 0.462 e. The first kappa shape index (κ1) is 16.9. The van der Waals surface area contributed by atoms with Crippen LogP contribution in [0.4, 0.5) is 13.2 Å². The number of hydrogen-bond acceptors (Lipinski definition) is 1. The molecule has 1 aromatic rings. The van der Waals surface area contributed by atoms with Gasteiger partial charge in [0.25, 0.3) is 6.43 Å². The second-order valence-electron chi connectivity index (χ2n) is 5.98. The molecule has 0 unspecified atom stereocenters. The second-order valence-corrected chi connectivity index (χ2v) is 5.98. The average Bonchev–Trinajstić information content (AvgIpc) is 2.50. The molecule has 122 valence electrons. The molecule has 1 aromatic carbocycles. The Labute approximate surface area is 130 Å². The number of allylic oxidation sites excluding steroid dienone is 1. The van der Waals surface area contributed by atoms with E-state index in [1.54, 1.807) is 0 Å². The maximum absolute atomic E-state index is 14.0. The molecular weight excluding hydrogens is 289 g/mol. The summed E-state index contributed by atoms with van der Waals surface area (Å²) in [6, 6.07) is 4.86. The van der Waals surface area contributed by atoms with E-state index < -0.39 is 12.2 Å². The molecule has 0 amide bonds. The molecule has 0 spiro atoms. The minimum atomic E-state index is -2.60. The summed E-state index contributed by atoms with van der Waals surface area (Å²) in [5.74, 6) is 0.703. The Hall–Kier alpha value is -1.45. The van der Waals surface area contributed by atoms with Gasteiger partial charge in [-0.15, -0.1) is 0 Å². The van der Waals surface area contributed by atoms with Crippen LogP contribution in [0.5, 0.6) is 5.75 Å². The predicted octanol–water partition coefficient (Wildman–Crippen LogP) is 6.06. The smallest absolute Gasteiger partial charge is 0.260 e. The average molecular weight is 312 g/mol. The van der Waals surface area contributed by atoms with Crippen molar-refractivity contribution in [1.29, 1.82) is 0 Å². The highest BCUT2D eigenvalue weighted by atomic mass is 19.3. The van der Waals surface area contributed by atoms with Crippen LogP contribution in [-0.2, 0) is 0 Å². The van der Waals surface area contributed by atoms with Crippen molar-refractivity contribution < 1.29 is 17.9 Å². The fourth-order valence-electron chi connectivity index (χ4n) is 3.23. The highest BCUT2D eigenvalue weighted by Crippen LogP contribution is 2.38. The molecule has 0 atom stereocenters. The molecule has 1 fully saturated rings. The van der Waals surface area contributed by atoms with Gasteiger partial charge in [-0.2, -0.15) is 0 Å². The molecule has 4 heteroatoms. The first-order valence-corrected chi connectivity index (χ1v) is 8.01. The Morgan fingerprint density at radius 2 is 1.95 bits per heavy atom. The van der Waals surface area contributed by atoms with Gasteiger partial charge < -0.3 is 4.74 Å². The Bertz CT molecular complexity index is 491. The minimum absolute atomic E-state index is 0.0136. The van der Waals surface area contributed by atoms with Crippen molar-refractivity contribution >= 4 is 0 Å².